The monoisotopic (exact) mass is 294 g/mol. The first-order valence-corrected chi connectivity index (χ1v) is 6.00. The zero-order valence-electron chi connectivity index (χ0n) is 10.4. The van der Waals surface area contributed by atoms with Gasteiger partial charge in [-0.2, -0.15) is 13.2 Å². The highest BCUT2D eigenvalue weighted by Gasteiger charge is 2.36. The van der Waals surface area contributed by atoms with E-state index in [1.807, 2.05) is 0 Å². The number of carboxylic acids is 1. The number of carboxylic acid groups (broad SMARTS) is 1. The van der Waals surface area contributed by atoms with Crippen molar-refractivity contribution in [2.45, 2.75) is 38.1 Å². The van der Waals surface area contributed by atoms with Crippen molar-refractivity contribution in [3.05, 3.63) is 5.82 Å². The highest BCUT2D eigenvalue weighted by molar-refractivity contribution is 5.67. The van der Waals surface area contributed by atoms with E-state index in [9.17, 15) is 18.0 Å². The summed E-state index contributed by atoms with van der Waals surface area (Å²) >= 11 is 0. The first-order valence-electron chi connectivity index (χ1n) is 6.00. The fraction of sp³-hybridized carbons (Fsp3) is 0.800. The Morgan fingerprint density at radius 3 is 2.75 bits per heavy atom. The summed E-state index contributed by atoms with van der Waals surface area (Å²) in [4.78, 5) is 10.8. The van der Waals surface area contributed by atoms with Crippen LogP contribution in [0.3, 0.4) is 0 Å². The van der Waals surface area contributed by atoms with Gasteiger partial charge in [-0.25, -0.2) is 4.68 Å². The van der Waals surface area contributed by atoms with Gasteiger partial charge in [0, 0.05) is 0 Å². The summed E-state index contributed by atoms with van der Waals surface area (Å²) in [5.41, 5.74) is 0. The Hall–Kier alpha value is -1.71. The lowest BCUT2D eigenvalue weighted by Crippen LogP contribution is -2.22. The molecule has 0 spiro atoms. The van der Waals surface area contributed by atoms with Crippen molar-refractivity contribution in [1.29, 1.82) is 0 Å². The quantitative estimate of drug-likeness (QED) is 0.812. The molecule has 1 unspecified atom stereocenters. The lowest BCUT2D eigenvalue weighted by Gasteiger charge is -2.15. The molecule has 0 radical (unpaired) electrons. The molecule has 0 bridgehead atoms. The number of alkyl halides is 3. The molecule has 1 aliphatic rings. The number of tetrazole rings is 1. The van der Waals surface area contributed by atoms with Gasteiger partial charge >= 0.3 is 12.1 Å². The Balaban J connectivity index is 2.00. The van der Waals surface area contributed by atoms with Gasteiger partial charge in [0.15, 0.2) is 5.82 Å². The van der Waals surface area contributed by atoms with Crippen LogP contribution in [0.4, 0.5) is 13.2 Å². The van der Waals surface area contributed by atoms with Gasteiger partial charge in [-0.1, -0.05) is 0 Å². The lowest BCUT2D eigenvalue weighted by atomic mass is 10.1. The van der Waals surface area contributed by atoms with Gasteiger partial charge in [-0.3, -0.25) is 4.79 Å². The molecule has 1 aromatic rings. The van der Waals surface area contributed by atoms with Crippen LogP contribution in [0.1, 0.15) is 31.1 Å². The zero-order chi connectivity index (χ0) is 14.8. The van der Waals surface area contributed by atoms with Gasteiger partial charge in [-0.15, -0.1) is 5.10 Å². The van der Waals surface area contributed by atoms with Crippen molar-refractivity contribution < 1.29 is 27.8 Å². The first-order chi connectivity index (χ1) is 9.37. The molecule has 0 aromatic carbocycles. The number of ether oxygens (including phenoxy) is 1. The molecule has 1 aliphatic carbocycles. The van der Waals surface area contributed by atoms with E-state index in [-0.39, 0.29) is 18.2 Å². The summed E-state index contributed by atoms with van der Waals surface area (Å²) in [6, 6.07) is -0.438. The van der Waals surface area contributed by atoms with Crippen molar-refractivity contribution in [3.8, 4) is 0 Å². The van der Waals surface area contributed by atoms with E-state index in [0.717, 1.165) is 12.8 Å². The number of carbonyl (C=O) groups is 1. The maximum Gasteiger partial charge on any atom is 0.411 e. The molecule has 0 aliphatic heterocycles. The molecule has 20 heavy (non-hydrogen) atoms. The molecular weight excluding hydrogens is 281 g/mol. The van der Waals surface area contributed by atoms with Gasteiger partial charge in [-0.05, 0) is 29.2 Å². The normalized spacial score (nSPS) is 17.1. The Bertz CT molecular complexity index is 473. The van der Waals surface area contributed by atoms with Crippen LogP contribution in [-0.2, 0) is 16.1 Å². The van der Waals surface area contributed by atoms with Crippen molar-refractivity contribution >= 4 is 5.97 Å². The molecule has 1 aromatic heterocycles. The van der Waals surface area contributed by atoms with Crippen LogP contribution in [0.25, 0.3) is 0 Å². The number of aliphatic carboxylic acids is 1. The van der Waals surface area contributed by atoms with Gasteiger partial charge < -0.3 is 9.84 Å². The average Bonchev–Trinajstić information content (AvgIpc) is 3.05. The zero-order valence-corrected chi connectivity index (χ0v) is 10.4. The number of hydrogen-bond acceptors (Lipinski definition) is 5. The molecule has 1 saturated carbocycles. The number of rotatable bonds is 7. The molecular formula is C10H13F3N4O3. The molecule has 0 amide bonds. The van der Waals surface area contributed by atoms with E-state index in [1.165, 1.54) is 4.68 Å². The second-order valence-corrected chi connectivity index (χ2v) is 4.65. The minimum absolute atomic E-state index is 0.104. The molecule has 112 valence electrons. The third-order valence-corrected chi connectivity index (χ3v) is 2.92. The van der Waals surface area contributed by atoms with E-state index in [4.69, 9.17) is 5.11 Å². The van der Waals surface area contributed by atoms with Gasteiger partial charge in [0.2, 0.25) is 0 Å². The van der Waals surface area contributed by atoms with Crippen LogP contribution in [0, 0.1) is 5.92 Å². The molecule has 1 fully saturated rings. The van der Waals surface area contributed by atoms with Gasteiger partial charge in [0.25, 0.3) is 0 Å². The predicted octanol–water partition coefficient (Wildman–Crippen LogP) is 1.18. The summed E-state index contributed by atoms with van der Waals surface area (Å²) in [6.07, 6.45) is -2.86. The largest absolute Gasteiger partial charge is 0.481 e. The molecule has 10 heteroatoms. The molecule has 1 heterocycles. The third-order valence-electron chi connectivity index (χ3n) is 2.92. The van der Waals surface area contributed by atoms with Crippen LogP contribution in [0.5, 0.6) is 0 Å². The van der Waals surface area contributed by atoms with Crippen molar-refractivity contribution in [2.24, 2.45) is 5.92 Å². The molecule has 7 nitrogen and oxygen atoms in total. The minimum Gasteiger partial charge on any atom is -0.481 e. The standard InChI is InChI=1S/C10H13F3N4O3/c11-10(12,13)5-20-4-8-14-15-16-17(8)7(3-9(18)19)6-1-2-6/h6-7H,1-5H2,(H,18,19). The molecule has 0 saturated heterocycles. The highest BCUT2D eigenvalue weighted by atomic mass is 19.4. The van der Waals surface area contributed by atoms with Crippen LogP contribution >= 0.6 is 0 Å². The van der Waals surface area contributed by atoms with Crippen LogP contribution in [0.15, 0.2) is 0 Å². The Kier molecular flexibility index (Phi) is 4.21. The fourth-order valence-electron chi connectivity index (χ4n) is 1.94. The molecule has 1 N–H and O–H groups in total. The first kappa shape index (κ1) is 14.7. The summed E-state index contributed by atoms with van der Waals surface area (Å²) in [6.45, 7) is -1.80. The van der Waals surface area contributed by atoms with E-state index in [2.05, 4.69) is 20.3 Å². The van der Waals surface area contributed by atoms with Crippen molar-refractivity contribution in [2.75, 3.05) is 6.61 Å². The Labute approximate surface area is 111 Å². The summed E-state index contributed by atoms with van der Waals surface area (Å²) < 4.78 is 41.7. The number of nitrogens with zero attached hydrogens (tertiary/aromatic N) is 4. The van der Waals surface area contributed by atoms with Crippen molar-refractivity contribution in [3.63, 3.8) is 0 Å². The third kappa shape index (κ3) is 4.15. The summed E-state index contributed by atoms with van der Waals surface area (Å²) in [5, 5.41) is 19.5. The lowest BCUT2D eigenvalue weighted by molar-refractivity contribution is -0.177. The second-order valence-electron chi connectivity index (χ2n) is 4.65. The van der Waals surface area contributed by atoms with E-state index in [0.29, 0.717) is 0 Å². The van der Waals surface area contributed by atoms with Gasteiger partial charge in [0.05, 0.1) is 12.5 Å². The summed E-state index contributed by atoms with van der Waals surface area (Å²) in [5.74, 6) is -0.747. The van der Waals surface area contributed by atoms with Gasteiger partial charge in [0.1, 0.15) is 13.2 Å². The topological polar surface area (TPSA) is 90.1 Å². The number of halogens is 3. The smallest absolute Gasteiger partial charge is 0.411 e. The van der Waals surface area contributed by atoms with Crippen LogP contribution in [-0.4, -0.2) is 44.1 Å². The van der Waals surface area contributed by atoms with E-state index in [1.54, 1.807) is 0 Å². The van der Waals surface area contributed by atoms with Crippen LogP contribution in [0.2, 0.25) is 0 Å². The summed E-state index contributed by atoms with van der Waals surface area (Å²) in [7, 11) is 0. The molecule has 2 rings (SSSR count). The van der Waals surface area contributed by atoms with E-state index >= 15 is 0 Å². The number of aromatic nitrogens is 4. The van der Waals surface area contributed by atoms with Crippen molar-refractivity contribution in [1.82, 2.24) is 20.2 Å². The fourth-order valence-corrected chi connectivity index (χ4v) is 1.94. The maximum absolute atomic E-state index is 12.0. The second kappa shape index (κ2) is 5.73. The Morgan fingerprint density at radius 1 is 1.50 bits per heavy atom. The Morgan fingerprint density at radius 2 is 2.20 bits per heavy atom. The SMILES string of the molecule is O=C(O)CC(C1CC1)n1nnnc1COCC(F)(F)F. The molecule has 1 atom stereocenters. The maximum atomic E-state index is 12.0. The highest BCUT2D eigenvalue weighted by Crippen LogP contribution is 2.41. The number of hydrogen-bond donors (Lipinski definition) is 1. The van der Waals surface area contributed by atoms with E-state index < -0.39 is 31.4 Å². The average molecular weight is 294 g/mol. The minimum atomic E-state index is -4.42. The predicted molar refractivity (Wildman–Crippen MR) is 57.5 cm³/mol. The van der Waals surface area contributed by atoms with Crippen LogP contribution < -0.4 is 0 Å².